The van der Waals surface area contributed by atoms with Gasteiger partial charge in [-0.1, -0.05) is 0 Å². The van der Waals surface area contributed by atoms with Gasteiger partial charge in [0.25, 0.3) is 0 Å². The zero-order valence-electron chi connectivity index (χ0n) is 23.0. The van der Waals surface area contributed by atoms with Gasteiger partial charge in [0.05, 0.1) is 42.1 Å². The molecule has 0 amide bonds. The molecule has 8 nitrogen and oxygen atoms in total. The summed E-state index contributed by atoms with van der Waals surface area (Å²) in [6, 6.07) is 7.37. The Morgan fingerprint density at radius 1 is 0.767 bits per heavy atom. The van der Waals surface area contributed by atoms with Crippen molar-refractivity contribution < 1.29 is 64.4 Å². The van der Waals surface area contributed by atoms with Crippen LogP contribution in [0.5, 0.6) is 23.0 Å². The van der Waals surface area contributed by atoms with Crippen LogP contribution in [0.25, 0.3) is 12.2 Å². The molecular formula is C28H25F6IO8. The van der Waals surface area contributed by atoms with Crippen LogP contribution in [0.2, 0.25) is 0 Å². The van der Waals surface area contributed by atoms with E-state index in [9.17, 15) is 35.9 Å². The van der Waals surface area contributed by atoms with Gasteiger partial charge >= 0.3 is 24.3 Å². The Balaban J connectivity index is 0.000000236. The average Bonchev–Trinajstić information content (AvgIpc) is 2.94. The minimum atomic E-state index is -4.73. The Kier molecular flexibility index (Phi) is 10.8. The smallest absolute Gasteiger partial charge is 0.430 e. The maximum Gasteiger partial charge on any atom is 0.430 e. The zero-order chi connectivity index (χ0) is 32.1. The molecule has 0 radical (unpaired) electrons. The first-order valence-electron chi connectivity index (χ1n) is 12.4. The van der Waals surface area contributed by atoms with E-state index in [-0.39, 0.29) is 24.7 Å². The zero-order valence-corrected chi connectivity index (χ0v) is 25.2. The van der Waals surface area contributed by atoms with Gasteiger partial charge in [-0.15, -0.1) is 0 Å². The number of hydrogen-bond donors (Lipinski definition) is 0. The molecule has 2 aliphatic rings. The number of alkyl halides is 6. The molecule has 234 valence electrons. The molecule has 2 unspecified atom stereocenters. The van der Waals surface area contributed by atoms with Crippen LogP contribution in [-0.4, -0.2) is 63.9 Å². The van der Waals surface area contributed by atoms with Crippen LogP contribution >= 0.6 is 22.6 Å². The van der Waals surface area contributed by atoms with Crippen molar-refractivity contribution in [3.63, 3.8) is 0 Å². The van der Waals surface area contributed by atoms with E-state index in [1.165, 1.54) is 46.3 Å². The summed E-state index contributed by atoms with van der Waals surface area (Å²) < 4.78 is 109. The molecule has 2 aromatic rings. The SMILES string of the molecule is CCOC(=O)C1=Cc2cc(I)c(OC)cc2OC1C(F)(F)F.CCOC(=O)C1=Cc2ccc(OC)cc2OC1C(F)(F)F. The van der Waals surface area contributed by atoms with E-state index in [1.807, 2.05) is 22.6 Å². The maximum absolute atomic E-state index is 13.1. The molecule has 2 aromatic carbocycles. The van der Waals surface area contributed by atoms with Crippen molar-refractivity contribution >= 4 is 46.7 Å². The van der Waals surface area contributed by atoms with E-state index in [2.05, 4.69) is 9.47 Å². The lowest BCUT2D eigenvalue weighted by molar-refractivity contribution is -0.188. The highest BCUT2D eigenvalue weighted by Crippen LogP contribution is 2.41. The molecule has 43 heavy (non-hydrogen) atoms. The van der Waals surface area contributed by atoms with E-state index in [0.29, 0.717) is 26.2 Å². The summed E-state index contributed by atoms with van der Waals surface area (Å²) in [6.07, 6.45) is -11.9. The van der Waals surface area contributed by atoms with Gasteiger partial charge in [0.1, 0.15) is 23.0 Å². The minimum absolute atomic E-state index is 0.00437. The van der Waals surface area contributed by atoms with Crippen LogP contribution in [-0.2, 0) is 19.1 Å². The molecule has 2 heterocycles. The lowest BCUT2D eigenvalue weighted by atomic mass is 10.0. The summed E-state index contributed by atoms with van der Waals surface area (Å²) in [4.78, 5) is 23.5. The van der Waals surface area contributed by atoms with Crippen LogP contribution in [0.3, 0.4) is 0 Å². The number of benzene rings is 2. The van der Waals surface area contributed by atoms with E-state index >= 15 is 0 Å². The lowest BCUT2D eigenvalue weighted by Gasteiger charge is -2.28. The van der Waals surface area contributed by atoms with Gasteiger partial charge in [0, 0.05) is 23.3 Å². The number of rotatable bonds is 6. The van der Waals surface area contributed by atoms with Crippen molar-refractivity contribution in [2.24, 2.45) is 0 Å². The maximum atomic E-state index is 13.1. The van der Waals surface area contributed by atoms with Crippen LogP contribution in [0, 0.1) is 3.57 Å². The van der Waals surface area contributed by atoms with E-state index in [1.54, 1.807) is 12.1 Å². The van der Waals surface area contributed by atoms with E-state index in [0.717, 1.165) is 12.2 Å². The van der Waals surface area contributed by atoms with Gasteiger partial charge in [-0.25, -0.2) is 9.59 Å². The van der Waals surface area contributed by atoms with Gasteiger partial charge < -0.3 is 28.4 Å². The van der Waals surface area contributed by atoms with Gasteiger partial charge in [-0.3, -0.25) is 0 Å². The second-order valence-corrected chi connectivity index (χ2v) is 9.81. The van der Waals surface area contributed by atoms with E-state index < -0.39 is 47.6 Å². The summed E-state index contributed by atoms with van der Waals surface area (Å²) in [7, 11) is 2.81. The van der Waals surface area contributed by atoms with Crippen LogP contribution in [0.4, 0.5) is 26.3 Å². The second-order valence-electron chi connectivity index (χ2n) is 8.65. The summed E-state index contributed by atoms with van der Waals surface area (Å²) in [6.45, 7) is 3.00. The summed E-state index contributed by atoms with van der Waals surface area (Å²) >= 11 is 1.98. The average molecular weight is 730 g/mol. The predicted octanol–water partition coefficient (Wildman–Crippen LogP) is 6.53. The number of methoxy groups -OCH3 is 2. The fraction of sp³-hybridized carbons (Fsp3) is 0.357. The molecule has 2 aliphatic heterocycles. The topological polar surface area (TPSA) is 89.5 Å². The Hall–Kier alpha value is -3.63. The lowest BCUT2D eigenvalue weighted by Crippen LogP contribution is -2.40. The first kappa shape index (κ1) is 33.9. The fourth-order valence-electron chi connectivity index (χ4n) is 3.90. The van der Waals surface area contributed by atoms with Gasteiger partial charge in [-0.05, 0) is 66.8 Å². The molecule has 0 N–H and O–H groups in total. The second kappa shape index (κ2) is 13.8. The third kappa shape index (κ3) is 8.06. The number of hydrogen-bond acceptors (Lipinski definition) is 8. The molecule has 0 aromatic heterocycles. The number of carbonyl (C=O) groups excluding carboxylic acids is 2. The van der Waals surface area contributed by atoms with Gasteiger partial charge in [0.2, 0.25) is 12.2 Å². The standard InChI is InChI=1S/C14H12F3IO4.C14H13F3O4/c1-3-21-13(19)8-4-7-5-9(18)11(20-2)6-10(7)22-12(8)14(15,16)17;1-3-20-13(18)10-6-8-4-5-9(19-2)7-11(8)21-12(10)14(15,16)17/h4-6,12H,3H2,1-2H3;4-7,12H,3H2,1-2H3. The molecule has 0 saturated carbocycles. The van der Waals surface area contributed by atoms with Crippen molar-refractivity contribution in [3.8, 4) is 23.0 Å². The third-order valence-electron chi connectivity index (χ3n) is 5.80. The molecule has 4 rings (SSSR count). The van der Waals surface area contributed by atoms with E-state index in [4.69, 9.17) is 18.9 Å². The minimum Gasteiger partial charge on any atom is -0.497 e. The molecule has 0 spiro atoms. The van der Waals surface area contributed by atoms with Crippen molar-refractivity contribution in [1.29, 1.82) is 0 Å². The molecule has 0 saturated heterocycles. The molecule has 0 aliphatic carbocycles. The molecular weight excluding hydrogens is 705 g/mol. The highest BCUT2D eigenvalue weighted by Gasteiger charge is 2.50. The summed E-state index contributed by atoms with van der Waals surface area (Å²) in [5.74, 6) is -1.31. The Bertz CT molecular complexity index is 1420. The Labute approximate surface area is 255 Å². The molecule has 0 fully saturated rings. The van der Waals surface area contributed by atoms with Crippen LogP contribution < -0.4 is 18.9 Å². The number of esters is 2. The third-order valence-corrected chi connectivity index (χ3v) is 6.64. The van der Waals surface area contributed by atoms with Crippen molar-refractivity contribution in [3.05, 3.63) is 56.2 Å². The van der Waals surface area contributed by atoms with Gasteiger partial charge in [0.15, 0.2) is 0 Å². The predicted molar refractivity (Wildman–Crippen MR) is 149 cm³/mol. The number of halogens is 7. The molecule has 2 atom stereocenters. The molecule has 0 bridgehead atoms. The van der Waals surface area contributed by atoms with Crippen molar-refractivity contribution in [2.75, 3.05) is 27.4 Å². The number of fused-ring (bicyclic) bond motifs is 2. The number of ether oxygens (including phenoxy) is 6. The normalized spacial score (nSPS) is 17.3. The highest BCUT2D eigenvalue weighted by molar-refractivity contribution is 14.1. The summed E-state index contributed by atoms with van der Waals surface area (Å²) in [5, 5.41) is 0. The van der Waals surface area contributed by atoms with Crippen LogP contribution in [0.15, 0.2) is 41.5 Å². The van der Waals surface area contributed by atoms with Gasteiger partial charge in [-0.2, -0.15) is 26.3 Å². The summed E-state index contributed by atoms with van der Waals surface area (Å²) in [5.41, 5.74) is -0.405. The fourth-order valence-corrected chi connectivity index (χ4v) is 4.61. The van der Waals surface area contributed by atoms with Crippen molar-refractivity contribution in [2.45, 2.75) is 38.4 Å². The largest absolute Gasteiger partial charge is 0.497 e. The first-order valence-corrected chi connectivity index (χ1v) is 13.5. The quantitative estimate of drug-likeness (QED) is 0.188. The van der Waals surface area contributed by atoms with Crippen molar-refractivity contribution in [1.82, 2.24) is 0 Å². The first-order chi connectivity index (χ1) is 20.1. The molecule has 15 heteroatoms. The number of carbonyl (C=O) groups is 2. The van der Waals surface area contributed by atoms with Crippen LogP contribution in [0.1, 0.15) is 25.0 Å². The Morgan fingerprint density at radius 2 is 1.26 bits per heavy atom. The Morgan fingerprint density at radius 3 is 1.70 bits per heavy atom. The monoisotopic (exact) mass is 730 g/mol. The highest BCUT2D eigenvalue weighted by atomic mass is 127.